The van der Waals surface area contributed by atoms with Crippen LogP contribution in [0.4, 0.5) is 17.2 Å². The number of rotatable bonds is 6. The molecule has 0 saturated heterocycles. The molecule has 2 rings (SSSR count). The van der Waals surface area contributed by atoms with Crippen LogP contribution < -0.4 is 10.6 Å². The lowest BCUT2D eigenvalue weighted by atomic mass is 10.3. The Morgan fingerprint density at radius 2 is 1.89 bits per heavy atom. The van der Waals surface area contributed by atoms with Gasteiger partial charge >= 0.3 is 0 Å². The lowest BCUT2D eigenvalue weighted by Gasteiger charge is -2.09. The van der Waals surface area contributed by atoms with Gasteiger partial charge in [0.1, 0.15) is 5.82 Å². The van der Waals surface area contributed by atoms with Gasteiger partial charge in [0, 0.05) is 35.1 Å². The quantitative estimate of drug-likeness (QED) is 0.766. The molecule has 0 aliphatic carbocycles. The molecule has 0 radical (unpaired) electrons. The van der Waals surface area contributed by atoms with Crippen molar-refractivity contribution in [2.75, 3.05) is 23.4 Å². The summed E-state index contributed by atoms with van der Waals surface area (Å²) in [5, 5.41) is 6.67. The highest BCUT2D eigenvalue weighted by Gasteiger charge is 1.98. The van der Waals surface area contributed by atoms with Gasteiger partial charge in [-0.25, -0.2) is 4.98 Å². The van der Waals surface area contributed by atoms with Crippen LogP contribution in [-0.2, 0) is 0 Å². The van der Waals surface area contributed by atoms with Gasteiger partial charge in [-0.15, -0.1) is 11.8 Å². The minimum absolute atomic E-state index is 0.910. The molecular weight excluding hydrogens is 254 g/mol. The molecule has 1 aromatic heterocycles. The van der Waals surface area contributed by atoms with E-state index in [0.29, 0.717) is 0 Å². The second-order valence-electron chi connectivity index (χ2n) is 4.21. The molecule has 0 amide bonds. The number of hydrogen-bond acceptors (Lipinski definition) is 4. The highest BCUT2D eigenvalue weighted by Crippen LogP contribution is 2.21. The summed E-state index contributed by atoms with van der Waals surface area (Å²) in [6.07, 6.45) is 4.99. The third-order valence-corrected chi connectivity index (χ3v) is 3.44. The van der Waals surface area contributed by atoms with Crippen LogP contribution in [0, 0.1) is 0 Å². The molecule has 0 aliphatic rings. The first kappa shape index (κ1) is 13.7. The Bertz CT molecular complexity index is 511. The fourth-order valence-electron chi connectivity index (χ4n) is 1.70. The maximum absolute atomic E-state index is 4.29. The third-order valence-electron chi connectivity index (χ3n) is 2.69. The van der Waals surface area contributed by atoms with E-state index in [0.717, 1.165) is 30.2 Å². The van der Waals surface area contributed by atoms with E-state index in [1.807, 2.05) is 18.3 Å². The lowest BCUT2D eigenvalue weighted by molar-refractivity contribution is 0.969. The molecule has 3 nitrogen and oxygen atoms in total. The monoisotopic (exact) mass is 273 g/mol. The van der Waals surface area contributed by atoms with Gasteiger partial charge in [0.2, 0.25) is 0 Å². The van der Waals surface area contributed by atoms with E-state index in [2.05, 4.69) is 53.1 Å². The summed E-state index contributed by atoms with van der Waals surface area (Å²) in [7, 11) is 0. The fourth-order valence-corrected chi connectivity index (χ4v) is 2.11. The summed E-state index contributed by atoms with van der Waals surface area (Å²) in [5.41, 5.74) is 2.14. The van der Waals surface area contributed by atoms with E-state index in [9.17, 15) is 0 Å². The maximum atomic E-state index is 4.29. The standard InChI is InChI=1S/C15H19N3S/c1-3-9-16-15-11-13(8-10-17-15)18-12-4-6-14(19-2)7-5-12/h4-8,10-11H,3,9H2,1-2H3,(H2,16,17,18). The average Bonchev–Trinajstić information content (AvgIpc) is 2.46. The van der Waals surface area contributed by atoms with Gasteiger partial charge in [-0.05, 0) is 43.0 Å². The summed E-state index contributed by atoms with van der Waals surface area (Å²) in [5.74, 6) is 0.910. The Morgan fingerprint density at radius 1 is 1.11 bits per heavy atom. The van der Waals surface area contributed by atoms with Crippen LogP contribution in [0.1, 0.15) is 13.3 Å². The zero-order chi connectivity index (χ0) is 13.5. The number of aromatic nitrogens is 1. The summed E-state index contributed by atoms with van der Waals surface area (Å²) >= 11 is 1.75. The van der Waals surface area contributed by atoms with Crippen LogP contribution in [0.15, 0.2) is 47.5 Å². The molecule has 1 heterocycles. The Kier molecular flexibility index (Phi) is 5.10. The van der Waals surface area contributed by atoms with Gasteiger partial charge in [0.25, 0.3) is 0 Å². The van der Waals surface area contributed by atoms with Crippen LogP contribution in [0.5, 0.6) is 0 Å². The highest BCUT2D eigenvalue weighted by molar-refractivity contribution is 7.98. The molecule has 0 atom stereocenters. The number of benzene rings is 1. The minimum Gasteiger partial charge on any atom is -0.370 e. The molecule has 4 heteroatoms. The number of hydrogen-bond donors (Lipinski definition) is 2. The number of nitrogens with one attached hydrogen (secondary N) is 2. The summed E-state index contributed by atoms with van der Waals surface area (Å²) in [4.78, 5) is 5.56. The van der Waals surface area contributed by atoms with E-state index >= 15 is 0 Å². The average molecular weight is 273 g/mol. The maximum Gasteiger partial charge on any atom is 0.127 e. The first-order chi connectivity index (χ1) is 9.31. The smallest absolute Gasteiger partial charge is 0.127 e. The van der Waals surface area contributed by atoms with Crippen LogP contribution in [0.2, 0.25) is 0 Å². The van der Waals surface area contributed by atoms with Gasteiger partial charge in [-0.1, -0.05) is 6.92 Å². The molecule has 1 aromatic carbocycles. The lowest BCUT2D eigenvalue weighted by Crippen LogP contribution is -2.02. The SMILES string of the molecule is CCCNc1cc(Nc2ccc(SC)cc2)ccn1. The zero-order valence-electron chi connectivity index (χ0n) is 11.3. The van der Waals surface area contributed by atoms with Gasteiger partial charge in [0.05, 0.1) is 0 Å². The Hall–Kier alpha value is -1.68. The van der Waals surface area contributed by atoms with Crippen LogP contribution in [0.3, 0.4) is 0 Å². The second kappa shape index (κ2) is 7.04. The number of anilines is 3. The Morgan fingerprint density at radius 3 is 2.58 bits per heavy atom. The summed E-state index contributed by atoms with van der Waals surface area (Å²) in [6.45, 7) is 3.08. The minimum atomic E-state index is 0.910. The summed E-state index contributed by atoms with van der Waals surface area (Å²) < 4.78 is 0. The molecular formula is C15H19N3S. The summed E-state index contributed by atoms with van der Waals surface area (Å²) in [6, 6.07) is 12.4. The number of nitrogens with zero attached hydrogens (tertiary/aromatic N) is 1. The van der Waals surface area contributed by atoms with E-state index in [1.165, 1.54) is 4.90 Å². The van der Waals surface area contributed by atoms with Gasteiger partial charge < -0.3 is 10.6 Å². The van der Waals surface area contributed by atoms with Crippen molar-refractivity contribution in [3.8, 4) is 0 Å². The topological polar surface area (TPSA) is 37.0 Å². The van der Waals surface area contributed by atoms with Crippen molar-refractivity contribution in [3.63, 3.8) is 0 Å². The molecule has 0 spiro atoms. The van der Waals surface area contributed by atoms with E-state index in [-0.39, 0.29) is 0 Å². The van der Waals surface area contributed by atoms with Crippen molar-refractivity contribution in [3.05, 3.63) is 42.6 Å². The van der Waals surface area contributed by atoms with Gasteiger partial charge in [-0.3, -0.25) is 0 Å². The zero-order valence-corrected chi connectivity index (χ0v) is 12.1. The first-order valence-corrected chi connectivity index (χ1v) is 7.65. The van der Waals surface area contributed by atoms with Crippen molar-refractivity contribution >= 4 is 29.0 Å². The molecule has 0 aliphatic heterocycles. The van der Waals surface area contributed by atoms with Crippen LogP contribution >= 0.6 is 11.8 Å². The molecule has 0 unspecified atom stereocenters. The van der Waals surface area contributed by atoms with Crippen molar-refractivity contribution < 1.29 is 0 Å². The second-order valence-corrected chi connectivity index (χ2v) is 5.09. The Labute approximate surface area is 118 Å². The number of thioether (sulfide) groups is 1. The van der Waals surface area contributed by atoms with Gasteiger partial charge in [-0.2, -0.15) is 0 Å². The predicted molar refractivity (Wildman–Crippen MR) is 84.5 cm³/mol. The number of pyridine rings is 1. The molecule has 2 N–H and O–H groups in total. The van der Waals surface area contributed by atoms with Gasteiger partial charge in [0.15, 0.2) is 0 Å². The molecule has 2 aromatic rings. The Balaban J connectivity index is 2.05. The third kappa shape index (κ3) is 4.17. The van der Waals surface area contributed by atoms with E-state index in [1.54, 1.807) is 11.8 Å². The van der Waals surface area contributed by atoms with E-state index in [4.69, 9.17) is 0 Å². The molecule has 0 fully saturated rings. The largest absolute Gasteiger partial charge is 0.370 e. The first-order valence-electron chi connectivity index (χ1n) is 6.43. The fraction of sp³-hybridized carbons (Fsp3) is 0.267. The normalized spacial score (nSPS) is 10.2. The molecule has 0 bridgehead atoms. The van der Waals surface area contributed by atoms with Crippen LogP contribution in [-0.4, -0.2) is 17.8 Å². The molecule has 0 saturated carbocycles. The molecule has 100 valence electrons. The van der Waals surface area contributed by atoms with Crippen molar-refractivity contribution in [2.45, 2.75) is 18.2 Å². The van der Waals surface area contributed by atoms with Crippen molar-refractivity contribution in [1.29, 1.82) is 0 Å². The van der Waals surface area contributed by atoms with Crippen molar-refractivity contribution in [1.82, 2.24) is 4.98 Å². The van der Waals surface area contributed by atoms with E-state index < -0.39 is 0 Å². The van der Waals surface area contributed by atoms with Crippen LogP contribution in [0.25, 0.3) is 0 Å². The predicted octanol–water partition coefficient (Wildman–Crippen LogP) is 4.37. The highest BCUT2D eigenvalue weighted by atomic mass is 32.2. The van der Waals surface area contributed by atoms with Crippen molar-refractivity contribution in [2.24, 2.45) is 0 Å². The molecule has 19 heavy (non-hydrogen) atoms.